The van der Waals surface area contributed by atoms with E-state index in [0.29, 0.717) is 29.5 Å². The number of hydrogen-bond donors (Lipinski definition) is 1. The summed E-state index contributed by atoms with van der Waals surface area (Å²) >= 11 is 0. The summed E-state index contributed by atoms with van der Waals surface area (Å²) in [5, 5.41) is 7.21. The van der Waals surface area contributed by atoms with E-state index in [0.717, 1.165) is 18.5 Å². The van der Waals surface area contributed by atoms with E-state index < -0.39 is 0 Å². The Morgan fingerprint density at radius 1 is 1.26 bits per heavy atom. The Balaban J connectivity index is 1.44. The number of piperidine rings is 1. The van der Waals surface area contributed by atoms with E-state index in [1.165, 1.54) is 31.4 Å². The Hall–Kier alpha value is -2.21. The van der Waals surface area contributed by atoms with E-state index in [2.05, 4.69) is 34.0 Å². The van der Waals surface area contributed by atoms with Crippen LogP contribution in [0.5, 0.6) is 0 Å². The second-order valence-corrected chi connectivity index (χ2v) is 8.62. The Morgan fingerprint density at radius 3 is 2.78 bits per heavy atom. The number of carbonyl (C=O) groups is 1. The fraction of sp³-hybridized carbons (Fsp3) is 0.524. The number of likely N-dealkylation sites (N-methyl/N-ethyl adjacent to an activating group) is 1. The van der Waals surface area contributed by atoms with E-state index >= 15 is 0 Å². The van der Waals surface area contributed by atoms with Gasteiger partial charge >= 0.3 is 0 Å². The summed E-state index contributed by atoms with van der Waals surface area (Å²) in [5.41, 5.74) is 2.17. The van der Waals surface area contributed by atoms with Gasteiger partial charge in [-0.1, -0.05) is 6.92 Å². The van der Waals surface area contributed by atoms with Gasteiger partial charge < -0.3 is 4.90 Å². The van der Waals surface area contributed by atoms with E-state index in [1.807, 2.05) is 0 Å². The highest BCUT2D eigenvalue weighted by molar-refractivity contribution is 5.94. The number of carbonyl (C=O) groups excluding carboxylic acids is 1. The van der Waals surface area contributed by atoms with Crippen LogP contribution >= 0.6 is 0 Å². The van der Waals surface area contributed by atoms with Crippen molar-refractivity contribution in [3.63, 3.8) is 0 Å². The van der Waals surface area contributed by atoms with Crippen LogP contribution in [0.1, 0.15) is 43.1 Å². The summed E-state index contributed by atoms with van der Waals surface area (Å²) in [6.07, 6.45) is 4.68. The van der Waals surface area contributed by atoms with Crippen LogP contribution in [-0.4, -0.2) is 57.6 Å². The third-order valence-electron chi connectivity index (χ3n) is 7.21. The van der Waals surface area contributed by atoms with Crippen LogP contribution < -0.4 is 0 Å². The zero-order valence-electron chi connectivity index (χ0n) is 15.8. The molecule has 6 heteroatoms. The first-order valence-electron chi connectivity index (χ1n) is 9.81. The number of benzene rings is 1. The van der Waals surface area contributed by atoms with Crippen LogP contribution in [0.15, 0.2) is 30.3 Å². The van der Waals surface area contributed by atoms with Gasteiger partial charge in [-0.25, -0.2) is 4.39 Å². The minimum absolute atomic E-state index is 0.0349. The number of nitrogens with zero attached hydrogens (tertiary/aromatic N) is 3. The van der Waals surface area contributed by atoms with Gasteiger partial charge in [0.25, 0.3) is 5.91 Å². The Morgan fingerprint density at radius 2 is 2.00 bits per heavy atom. The molecule has 2 aromatic rings. The molecule has 2 aliphatic heterocycles. The van der Waals surface area contributed by atoms with Crippen molar-refractivity contribution in [3.8, 4) is 11.3 Å². The molecule has 1 N–H and O–H groups in total. The third-order valence-corrected chi connectivity index (χ3v) is 7.21. The summed E-state index contributed by atoms with van der Waals surface area (Å²) in [6, 6.07) is 9.29. The fourth-order valence-electron chi connectivity index (χ4n) is 5.87. The van der Waals surface area contributed by atoms with Crippen LogP contribution in [0.25, 0.3) is 11.3 Å². The molecular weight excluding hydrogens is 343 g/mol. The molecule has 0 spiro atoms. The number of H-pyrrole nitrogens is 1. The largest absolute Gasteiger partial charge is 0.332 e. The number of fused-ring (bicyclic) bond motifs is 1. The molecule has 2 saturated heterocycles. The second-order valence-electron chi connectivity index (χ2n) is 8.62. The molecule has 3 fully saturated rings. The fourth-order valence-corrected chi connectivity index (χ4v) is 5.87. The lowest BCUT2D eigenvalue weighted by molar-refractivity contribution is 0.0113. The number of hydrogen-bond acceptors (Lipinski definition) is 3. The Labute approximate surface area is 158 Å². The molecule has 4 atom stereocenters. The Kier molecular flexibility index (Phi) is 3.69. The minimum atomic E-state index is -0.279. The zero-order valence-corrected chi connectivity index (χ0v) is 15.8. The molecule has 1 aliphatic carbocycles. The molecule has 1 saturated carbocycles. The number of halogens is 1. The molecular formula is C21H25FN4O. The van der Waals surface area contributed by atoms with E-state index in [-0.39, 0.29) is 17.1 Å². The van der Waals surface area contributed by atoms with Crippen LogP contribution in [0.2, 0.25) is 0 Å². The Bertz CT molecular complexity index is 879. The minimum Gasteiger partial charge on any atom is -0.332 e. The standard InChI is InChI=1S/C21H25FN4O/c1-21-11-15-12-26(19(21)5-3-4-18(21)25(15)2)20(27)17-10-16(23-24-17)13-6-8-14(22)9-7-13/h6-10,15,18-19H,3-5,11-12H2,1-2H3,(H,23,24)/t15-,18-,19+,21-/m0/s1. The number of rotatable bonds is 2. The van der Waals surface area contributed by atoms with Gasteiger partial charge in [0.1, 0.15) is 11.5 Å². The first-order chi connectivity index (χ1) is 13.0. The number of aromatic nitrogens is 2. The number of nitrogens with one attached hydrogen (secondary N) is 1. The predicted molar refractivity (Wildman–Crippen MR) is 101 cm³/mol. The third kappa shape index (κ3) is 2.46. The van der Waals surface area contributed by atoms with Crippen LogP contribution in [0, 0.1) is 11.2 Å². The summed E-state index contributed by atoms with van der Waals surface area (Å²) in [4.78, 5) is 17.9. The number of likely N-dealkylation sites (tertiary alicyclic amines) is 2. The number of aromatic amines is 1. The maximum atomic E-state index is 13.3. The molecule has 3 aliphatic rings. The summed E-state index contributed by atoms with van der Waals surface area (Å²) < 4.78 is 13.2. The monoisotopic (exact) mass is 368 g/mol. The molecule has 27 heavy (non-hydrogen) atoms. The van der Waals surface area contributed by atoms with E-state index in [4.69, 9.17) is 0 Å². The first kappa shape index (κ1) is 16.9. The topological polar surface area (TPSA) is 52.2 Å². The summed E-state index contributed by atoms with van der Waals surface area (Å²) in [5.74, 6) is -0.244. The molecule has 5 nitrogen and oxygen atoms in total. The molecule has 1 amide bonds. The van der Waals surface area contributed by atoms with Crippen LogP contribution in [0.4, 0.5) is 4.39 Å². The van der Waals surface area contributed by atoms with E-state index in [9.17, 15) is 9.18 Å². The van der Waals surface area contributed by atoms with Gasteiger partial charge in [0.2, 0.25) is 0 Å². The lowest BCUT2D eigenvalue weighted by Crippen LogP contribution is -2.57. The highest BCUT2D eigenvalue weighted by Gasteiger charge is 2.59. The number of amides is 1. The predicted octanol–water partition coefficient (Wildman–Crippen LogP) is 3.30. The molecule has 1 aromatic carbocycles. The van der Waals surface area contributed by atoms with Crippen LogP contribution in [-0.2, 0) is 0 Å². The van der Waals surface area contributed by atoms with Gasteiger partial charge in [-0.15, -0.1) is 0 Å². The van der Waals surface area contributed by atoms with Crippen molar-refractivity contribution >= 4 is 5.91 Å². The maximum absolute atomic E-state index is 13.3. The van der Waals surface area contributed by atoms with Crippen molar-refractivity contribution in [2.75, 3.05) is 13.6 Å². The van der Waals surface area contributed by atoms with Gasteiger partial charge in [-0.05, 0) is 63.1 Å². The highest BCUT2D eigenvalue weighted by atomic mass is 19.1. The smallest absolute Gasteiger partial charge is 0.272 e. The quantitative estimate of drug-likeness (QED) is 0.885. The summed E-state index contributed by atoms with van der Waals surface area (Å²) in [7, 11) is 2.22. The lowest BCUT2D eigenvalue weighted by Gasteiger charge is -2.50. The molecule has 5 rings (SSSR count). The average molecular weight is 368 g/mol. The zero-order chi connectivity index (χ0) is 18.8. The molecule has 2 bridgehead atoms. The van der Waals surface area contributed by atoms with Gasteiger partial charge in [-0.3, -0.25) is 14.8 Å². The highest BCUT2D eigenvalue weighted by Crippen LogP contribution is 2.53. The second kappa shape index (κ2) is 5.89. The first-order valence-corrected chi connectivity index (χ1v) is 9.81. The molecule has 1 aromatic heterocycles. The van der Waals surface area contributed by atoms with Gasteiger partial charge in [0.15, 0.2) is 0 Å². The van der Waals surface area contributed by atoms with Gasteiger partial charge in [0, 0.05) is 35.6 Å². The average Bonchev–Trinajstić information content (AvgIpc) is 3.24. The normalized spacial score (nSPS) is 32.7. The maximum Gasteiger partial charge on any atom is 0.272 e. The lowest BCUT2D eigenvalue weighted by atomic mass is 9.66. The molecule has 3 heterocycles. The van der Waals surface area contributed by atoms with Gasteiger partial charge in [-0.2, -0.15) is 5.10 Å². The van der Waals surface area contributed by atoms with Crippen LogP contribution in [0.3, 0.4) is 0 Å². The van der Waals surface area contributed by atoms with Crippen molar-refractivity contribution < 1.29 is 9.18 Å². The van der Waals surface area contributed by atoms with Gasteiger partial charge in [0.05, 0.1) is 5.69 Å². The SMILES string of the molecule is CN1[C@@H]2CN(C(=O)c3cc(-c4ccc(F)cc4)n[nH]3)[C@@H]3CCC[C@H]1[C@]3(C)C2. The van der Waals surface area contributed by atoms with Crippen molar-refractivity contribution in [2.45, 2.75) is 50.7 Å². The summed E-state index contributed by atoms with van der Waals surface area (Å²) in [6.45, 7) is 3.16. The molecule has 0 radical (unpaired) electrons. The van der Waals surface area contributed by atoms with Crippen molar-refractivity contribution in [1.29, 1.82) is 0 Å². The van der Waals surface area contributed by atoms with E-state index in [1.54, 1.807) is 18.2 Å². The molecule has 0 unspecified atom stereocenters. The van der Waals surface area contributed by atoms with Crippen molar-refractivity contribution in [3.05, 3.63) is 41.8 Å². The molecule has 142 valence electrons. The van der Waals surface area contributed by atoms with Crippen molar-refractivity contribution in [1.82, 2.24) is 20.0 Å². The van der Waals surface area contributed by atoms with Crippen molar-refractivity contribution in [2.24, 2.45) is 5.41 Å².